The summed E-state index contributed by atoms with van der Waals surface area (Å²) in [7, 11) is -4.45. The van der Waals surface area contributed by atoms with Crippen molar-refractivity contribution in [3.8, 4) is 0 Å². The number of rotatable bonds is 16. The molecule has 0 unspecified atom stereocenters. The Hall–Kier alpha value is -3.69. The largest absolute Gasteiger partial charge is 0.444 e. The van der Waals surface area contributed by atoms with Crippen molar-refractivity contribution >= 4 is 22.0 Å². The monoisotopic (exact) mass is 580 g/mol. The van der Waals surface area contributed by atoms with Gasteiger partial charge in [-0.3, -0.25) is 9.69 Å². The molecule has 0 spiro atoms. The molecular weight excluding hydrogens is 540 g/mol. The number of ether oxygens (including phenoxy) is 2. The predicted molar refractivity (Wildman–Crippen MR) is 159 cm³/mol. The van der Waals surface area contributed by atoms with Gasteiger partial charge in [0.2, 0.25) is 5.91 Å². The molecule has 0 saturated heterocycles. The van der Waals surface area contributed by atoms with Crippen LogP contribution in [0, 0.1) is 0 Å². The summed E-state index contributed by atoms with van der Waals surface area (Å²) in [5.41, 5.74) is 0.793. The van der Waals surface area contributed by atoms with Gasteiger partial charge in [-0.1, -0.05) is 111 Å². The maximum Gasteiger partial charge on any atom is 0.413 e. The lowest BCUT2D eigenvalue weighted by atomic mass is 10.1. The first-order valence-electron chi connectivity index (χ1n) is 14.0. The molecule has 1 atom stereocenters. The standard InChI is InChI=1S/C32H40N2O6S/c1-3-4-14-24-34(27(2)35)41(37,38)32(40-26-30-20-12-7-13-21-30)33(23-15-22-28-16-8-5-9-17-28)31(36)39-25-29-18-10-6-11-19-29/h5-13,16-21,32H,3-4,14-15,22-26H2,1-2H3/t32-/m0/s1. The Balaban J connectivity index is 1.93. The minimum atomic E-state index is -4.45. The third-order valence-corrected chi connectivity index (χ3v) is 8.47. The summed E-state index contributed by atoms with van der Waals surface area (Å²) in [6.45, 7) is 3.15. The van der Waals surface area contributed by atoms with Gasteiger partial charge in [0.15, 0.2) is 0 Å². The summed E-state index contributed by atoms with van der Waals surface area (Å²) in [4.78, 5) is 27.3. The summed E-state index contributed by atoms with van der Waals surface area (Å²) in [6.07, 6.45) is 2.36. The molecule has 0 heterocycles. The Kier molecular flexibility index (Phi) is 12.8. The first kappa shape index (κ1) is 31.8. The molecule has 0 fully saturated rings. The van der Waals surface area contributed by atoms with Crippen molar-refractivity contribution in [1.29, 1.82) is 0 Å². The van der Waals surface area contributed by atoms with Gasteiger partial charge in [0.25, 0.3) is 15.6 Å². The van der Waals surface area contributed by atoms with Gasteiger partial charge in [-0.05, 0) is 36.0 Å². The van der Waals surface area contributed by atoms with Gasteiger partial charge in [-0.2, -0.15) is 0 Å². The minimum Gasteiger partial charge on any atom is -0.444 e. The van der Waals surface area contributed by atoms with Crippen molar-refractivity contribution < 1.29 is 27.5 Å². The second-order valence-electron chi connectivity index (χ2n) is 9.77. The number of unbranched alkanes of at least 4 members (excludes halogenated alkanes) is 2. The van der Waals surface area contributed by atoms with Crippen molar-refractivity contribution in [2.45, 2.75) is 64.7 Å². The summed E-state index contributed by atoms with van der Waals surface area (Å²) in [6, 6.07) is 28.0. The molecule has 41 heavy (non-hydrogen) atoms. The van der Waals surface area contributed by atoms with Crippen LogP contribution in [0.25, 0.3) is 0 Å². The summed E-state index contributed by atoms with van der Waals surface area (Å²) >= 11 is 0. The molecule has 220 valence electrons. The number of sulfonamides is 1. The zero-order valence-corrected chi connectivity index (χ0v) is 24.7. The SMILES string of the molecule is CCCCCN(C(C)=O)S(=O)(=O)[C@H](OCc1ccccc1)N(CCCc1ccccc1)C(=O)OCc1ccccc1. The van der Waals surface area contributed by atoms with E-state index in [2.05, 4.69) is 0 Å². The molecule has 3 aromatic rings. The number of aryl methyl sites for hydroxylation is 1. The van der Waals surface area contributed by atoms with Crippen LogP contribution in [0.15, 0.2) is 91.0 Å². The highest BCUT2D eigenvalue weighted by Gasteiger charge is 2.41. The fraction of sp³-hybridized carbons (Fsp3) is 0.375. The lowest BCUT2D eigenvalue weighted by molar-refractivity contribution is -0.124. The van der Waals surface area contributed by atoms with Gasteiger partial charge in [0.1, 0.15) is 6.61 Å². The van der Waals surface area contributed by atoms with Crippen LogP contribution in [0.2, 0.25) is 0 Å². The molecule has 0 radical (unpaired) electrons. The third kappa shape index (κ3) is 10.0. The van der Waals surface area contributed by atoms with Crippen molar-refractivity contribution in [2.24, 2.45) is 0 Å². The van der Waals surface area contributed by atoms with E-state index >= 15 is 0 Å². The van der Waals surface area contributed by atoms with Crippen molar-refractivity contribution in [3.63, 3.8) is 0 Å². The minimum absolute atomic E-state index is 0.00756. The normalized spacial score (nSPS) is 12.0. The van der Waals surface area contributed by atoms with Crippen LogP contribution in [0.4, 0.5) is 4.79 Å². The zero-order chi connectivity index (χ0) is 29.5. The van der Waals surface area contributed by atoms with Gasteiger partial charge in [0.05, 0.1) is 6.61 Å². The number of benzene rings is 3. The van der Waals surface area contributed by atoms with Gasteiger partial charge in [0, 0.05) is 20.0 Å². The lowest BCUT2D eigenvalue weighted by Crippen LogP contribution is -2.53. The number of carbonyl (C=O) groups is 2. The van der Waals surface area contributed by atoms with E-state index in [4.69, 9.17) is 9.47 Å². The molecule has 2 amide bonds. The Morgan fingerprint density at radius 3 is 1.80 bits per heavy atom. The highest BCUT2D eigenvalue weighted by molar-refractivity contribution is 7.90. The molecule has 0 aliphatic carbocycles. The molecule has 0 N–H and O–H groups in total. The Bertz CT molecular complexity index is 1300. The fourth-order valence-electron chi connectivity index (χ4n) is 4.34. The molecule has 0 saturated carbocycles. The van der Waals surface area contributed by atoms with Gasteiger partial charge in [-0.15, -0.1) is 0 Å². The van der Waals surface area contributed by atoms with Crippen molar-refractivity contribution in [2.75, 3.05) is 13.1 Å². The fourth-order valence-corrected chi connectivity index (χ4v) is 6.05. The number of hydrogen-bond donors (Lipinski definition) is 0. The van der Waals surface area contributed by atoms with Crippen LogP contribution >= 0.6 is 0 Å². The molecule has 0 bridgehead atoms. The molecule has 3 aromatic carbocycles. The van der Waals surface area contributed by atoms with Gasteiger partial charge < -0.3 is 9.47 Å². The van der Waals surface area contributed by atoms with Crippen molar-refractivity contribution in [1.82, 2.24) is 9.21 Å². The van der Waals surface area contributed by atoms with E-state index in [9.17, 15) is 18.0 Å². The molecule has 0 aliphatic rings. The van der Waals surface area contributed by atoms with E-state index in [-0.39, 0.29) is 26.3 Å². The van der Waals surface area contributed by atoms with Gasteiger partial charge >= 0.3 is 6.09 Å². The van der Waals surface area contributed by atoms with Crippen molar-refractivity contribution in [3.05, 3.63) is 108 Å². The Morgan fingerprint density at radius 2 is 1.27 bits per heavy atom. The van der Waals surface area contributed by atoms with E-state index in [1.165, 1.54) is 6.92 Å². The molecule has 0 aromatic heterocycles. The van der Waals surface area contributed by atoms with Crippen LogP contribution in [-0.4, -0.2) is 48.3 Å². The van der Waals surface area contributed by atoms with Crippen LogP contribution in [-0.2, 0) is 43.9 Å². The van der Waals surface area contributed by atoms with Crippen LogP contribution in [0.5, 0.6) is 0 Å². The Labute approximate surface area is 243 Å². The van der Waals surface area contributed by atoms with E-state index in [0.717, 1.165) is 38.7 Å². The highest BCUT2D eigenvalue weighted by Crippen LogP contribution is 2.21. The molecule has 8 nitrogen and oxygen atoms in total. The highest BCUT2D eigenvalue weighted by atomic mass is 32.2. The van der Waals surface area contributed by atoms with E-state index < -0.39 is 27.6 Å². The van der Waals surface area contributed by atoms with Crippen LogP contribution in [0.1, 0.15) is 56.2 Å². The molecule has 0 aliphatic heterocycles. The van der Waals surface area contributed by atoms with Crippen LogP contribution in [0.3, 0.4) is 0 Å². The first-order valence-corrected chi connectivity index (χ1v) is 15.5. The summed E-state index contributed by atoms with van der Waals surface area (Å²) in [5.74, 6) is -0.628. The first-order chi connectivity index (χ1) is 19.8. The quantitative estimate of drug-likeness (QED) is 0.150. The molecule has 3 rings (SSSR count). The third-order valence-electron chi connectivity index (χ3n) is 6.51. The topological polar surface area (TPSA) is 93.2 Å². The summed E-state index contributed by atoms with van der Waals surface area (Å²) < 4.78 is 40.6. The summed E-state index contributed by atoms with van der Waals surface area (Å²) in [5, 5.41) is 0. The number of amides is 2. The zero-order valence-electron chi connectivity index (χ0n) is 23.9. The van der Waals surface area contributed by atoms with Gasteiger partial charge in [-0.25, -0.2) is 17.5 Å². The number of nitrogens with zero attached hydrogens (tertiary/aromatic N) is 2. The average molecular weight is 581 g/mol. The Morgan fingerprint density at radius 1 is 0.732 bits per heavy atom. The predicted octanol–water partition coefficient (Wildman–Crippen LogP) is 6.13. The lowest BCUT2D eigenvalue weighted by Gasteiger charge is -2.34. The second kappa shape index (κ2) is 16.5. The smallest absolute Gasteiger partial charge is 0.413 e. The number of carbonyl (C=O) groups excluding carboxylic acids is 2. The van der Waals surface area contributed by atoms with E-state index in [1.54, 1.807) is 12.1 Å². The average Bonchev–Trinajstić information content (AvgIpc) is 2.98. The molecule has 9 heteroatoms. The molecular formula is C32H40N2O6S. The maximum atomic E-state index is 14.1. The van der Waals surface area contributed by atoms with E-state index in [0.29, 0.717) is 19.3 Å². The van der Waals surface area contributed by atoms with E-state index in [1.807, 2.05) is 85.8 Å². The van der Waals surface area contributed by atoms with Crippen LogP contribution < -0.4 is 0 Å². The second-order valence-corrected chi connectivity index (χ2v) is 11.6. The maximum absolute atomic E-state index is 14.1. The number of hydrogen-bond acceptors (Lipinski definition) is 6.